The van der Waals surface area contributed by atoms with Crippen LogP contribution in [0.15, 0.2) is 42.5 Å². The zero-order valence-corrected chi connectivity index (χ0v) is 14.7. The maximum atomic E-state index is 12.3. The van der Waals surface area contributed by atoms with Crippen molar-refractivity contribution in [2.24, 2.45) is 0 Å². The quantitative estimate of drug-likeness (QED) is 0.883. The van der Waals surface area contributed by atoms with Gasteiger partial charge in [-0.05, 0) is 61.7 Å². The van der Waals surface area contributed by atoms with E-state index in [-0.39, 0.29) is 11.4 Å². The van der Waals surface area contributed by atoms with E-state index in [9.17, 15) is 4.79 Å². The third kappa shape index (κ3) is 4.81. The molecule has 0 saturated carbocycles. The number of carbonyl (C=O) groups excluding carboxylic acids is 1. The summed E-state index contributed by atoms with van der Waals surface area (Å²) in [4.78, 5) is 12.3. The number of rotatable bonds is 4. The maximum Gasteiger partial charge on any atom is 0.251 e. The molecule has 2 aromatic carbocycles. The highest BCUT2D eigenvalue weighted by atomic mass is 35.5. The lowest BCUT2D eigenvalue weighted by Crippen LogP contribution is -2.40. The smallest absolute Gasteiger partial charge is 0.251 e. The number of halogens is 1. The molecule has 0 unspecified atom stereocenters. The van der Waals surface area contributed by atoms with Crippen LogP contribution in [-0.2, 0) is 11.3 Å². The Hall–Kier alpha value is -1.84. The van der Waals surface area contributed by atoms with Gasteiger partial charge in [0, 0.05) is 23.2 Å². The molecule has 0 spiro atoms. The van der Waals surface area contributed by atoms with E-state index in [1.807, 2.05) is 63.2 Å². The van der Waals surface area contributed by atoms with Crippen LogP contribution < -0.4 is 5.32 Å². The lowest BCUT2D eigenvalue weighted by Gasteiger charge is -2.21. The highest BCUT2D eigenvalue weighted by molar-refractivity contribution is 6.30. The minimum absolute atomic E-state index is 0.0856. The van der Waals surface area contributed by atoms with Crippen LogP contribution in [0.4, 0.5) is 0 Å². The van der Waals surface area contributed by atoms with Crippen molar-refractivity contribution < 1.29 is 9.53 Å². The predicted octanol–water partition coefficient (Wildman–Crippen LogP) is 4.68. The van der Waals surface area contributed by atoms with Crippen molar-refractivity contribution in [2.75, 3.05) is 7.11 Å². The van der Waals surface area contributed by atoms with Gasteiger partial charge in [-0.25, -0.2) is 0 Å². The molecule has 0 atom stereocenters. The molecule has 0 radical (unpaired) electrons. The number of hydrogen-bond donors (Lipinski definition) is 1. The van der Waals surface area contributed by atoms with Gasteiger partial charge in [-0.1, -0.05) is 29.8 Å². The number of hydrogen-bond acceptors (Lipinski definition) is 2. The number of methoxy groups -OCH3 is 1. The van der Waals surface area contributed by atoms with Gasteiger partial charge in [0.15, 0.2) is 0 Å². The Morgan fingerprint density at radius 3 is 2.35 bits per heavy atom. The molecule has 0 bridgehead atoms. The summed E-state index contributed by atoms with van der Waals surface area (Å²) in [5.74, 6) is -0.0856. The lowest BCUT2D eigenvalue weighted by atomic mass is 9.97. The molecule has 1 N–H and O–H groups in total. The van der Waals surface area contributed by atoms with Crippen LogP contribution in [0, 0.1) is 0 Å². The van der Waals surface area contributed by atoms with E-state index < -0.39 is 0 Å². The summed E-state index contributed by atoms with van der Waals surface area (Å²) in [5, 5.41) is 3.67. The van der Waals surface area contributed by atoms with Crippen LogP contribution in [0.25, 0.3) is 11.1 Å². The van der Waals surface area contributed by atoms with E-state index in [0.29, 0.717) is 17.2 Å². The first-order valence-corrected chi connectivity index (χ1v) is 7.88. The molecule has 0 heterocycles. The third-order valence-electron chi connectivity index (χ3n) is 3.31. The van der Waals surface area contributed by atoms with Gasteiger partial charge < -0.3 is 10.1 Å². The summed E-state index contributed by atoms with van der Waals surface area (Å²) in [7, 11) is 1.65. The number of amides is 1. The number of nitrogens with one attached hydrogen (secondary N) is 1. The van der Waals surface area contributed by atoms with E-state index in [1.54, 1.807) is 7.11 Å². The summed E-state index contributed by atoms with van der Waals surface area (Å²) in [6.45, 7) is 6.32. The SMILES string of the molecule is COCc1cc(C(=O)NC(C)(C)C)ccc1-c1ccc(Cl)cc1. The number of ether oxygens (including phenoxy) is 1. The van der Waals surface area contributed by atoms with E-state index in [1.165, 1.54) is 0 Å². The summed E-state index contributed by atoms with van der Waals surface area (Å²) in [5.41, 5.74) is 3.41. The van der Waals surface area contributed by atoms with Crippen LogP contribution >= 0.6 is 11.6 Å². The first kappa shape index (κ1) is 17.5. The Morgan fingerprint density at radius 2 is 1.78 bits per heavy atom. The van der Waals surface area contributed by atoms with Gasteiger partial charge >= 0.3 is 0 Å². The second-order valence-electron chi connectivity index (χ2n) is 6.52. The predicted molar refractivity (Wildman–Crippen MR) is 94.8 cm³/mol. The van der Waals surface area contributed by atoms with Crippen LogP contribution in [0.2, 0.25) is 5.02 Å². The van der Waals surface area contributed by atoms with Crippen LogP contribution in [0.3, 0.4) is 0 Å². The average molecular weight is 332 g/mol. The zero-order chi connectivity index (χ0) is 17.0. The maximum absolute atomic E-state index is 12.3. The monoisotopic (exact) mass is 331 g/mol. The Bertz CT molecular complexity index is 688. The Kier molecular flexibility index (Phi) is 5.45. The lowest BCUT2D eigenvalue weighted by molar-refractivity contribution is 0.0919. The molecule has 1 amide bonds. The van der Waals surface area contributed by atoms with Gasteiger partial charge in [-0.15, -0.1) is 0 Å². The van der Waals surface area contributed by atoms with Gasteiger partial charge in [0.1, 0.15) is 0 Å². The van der Waals surface area contributed by atoms with Crippen molar-refractivity contribution in [2.45, 2.75) is 32.9 Å². The molecule has 122 valence electrons. The van der Waals surface area contributed by atoms with Crippen LogP contribution in [0.5, 0.6) is 0 Å². The van der Waals surface area contributed by atoms with Crippen LogP contribution in [-0.4, -0.2) is 18.6 Å². The van der Waals surface area contributed by atoms with Crippen molar-refractivity contribution in [3.8, 4) is 11.1 Å². The van der Waals surface area contributed by atoms with Crippen molar-refractivity contribution in [1.82, 2.24) is 5.32 Å². The molecule has 0 aliphatic rings. The summed E-state index contributed by atoms with van der Waals surface area (Å²) in [6, 6.07) is 13.3. The van der Waals surface area contributed by atoms with Gasteiger partial charge in [-0.3, -0.25) is 4.79 Å². The van der Waals surface area contributed by atoms with Gasteiger partial charge in [0.2, 0.25) is 0 Å². The molecular weight excluding hydrogens is 310 g/mol. The third-order valence-corrected chi connectivity index (χ3v) is 3.56. The minimum Gasteiger partial charge on any atom is -0.380 e. The van der Waals surface area contributed by atoms with E-state index in [0.717, 1.165) is 16.7 Å². The molecule has 0 saturated heterocycles. The molecular formula is C19H22ClNO2. The summed E-state index contributed by atoms with van der Waals surface area (Å²) < 4.78 is 5.29. The summed E-state index contributed by atoms with van der Waals surface area (Å²) >= 11 is 5.95. The zero-order valence-electron chi connectivity index (χ0n) is 13.9. The topological polar surface area (TPSA) is 38.3 Å². The fourth-order valence-corrected chi connectivity index (χ4v) is 2.46. The second kappa shape index (κ2) is 7.16. The summed E-state index contributed by atoms with van der Waals surface area (Å²) in [6.07, 6.45) is 0. The number of carbonyl (C=O) groups is 1. The highest BCUT2D eigenvalue weighted by Crippen LogP contribution is 2.27. The second-order valence-corrected chi connectivity index (χ2v) is 6.95. The highest BCUT2D eigenvalue weighted by Gasteiger charge is 2.16. The molecule has 0 aliphatic carbocycles. The normalized spacial score (nSPS) is 11.3. The first-order valence-electron chi connectivity index (χ1n) is 7.50. The fourth-order valence-electron chi connectivity index (χ4n) is 2.33. The van der Waals surface area contributed by atoms with Gasteiger partial charge in [0.25, 0.3) is 5.91 Å². The average Bonchev–Trinajstić information content (AvgIpc) is 2.47. The van der Waals surface area contributed by atoms with E-state index >= 15 is 0 Å². The van der Waals surface area contributed by atoms with E-state index in [4.69, 9.17) is 16.3 Å². The van der Waals surface area contributed by atoms with Crippen molar-refractivity contribution >= 4 is 17.5 Å². The standard InChI is InChI=1S/C19H22ClNO2/c1-19(2,3)21-18(22)14-7-10-17(15(11-14)12-23-4)13-5-8-16(20)9-6-13/h5-11H,12H2,1-4H3,(H,21,22). The Balaban J connectivity index is 2.38. The molecule has 0 aliphatic heterocycles. The number of benzene rings is 2. The Labute approximate surface area is 142 Å². The van der Waals surface area contributed by atoms with Crippen molar-refractivity contribution in [1.29, 1.82) is 0 Å². The molecule has 2 rings (SSSR count). The van der Waals surface area contributed by atoms with Gasteiger partial charge in [0.05, 0.1) is 6.61 Å². The van der Waals surface area contributed by atoms with Gasteiger partial charge in [-0.2, -0.15) is 0 Å². The largest absolute Gasteiger partial charge is 0.380 e. The Morgan fingerprint density at radius 1 is 1.13 bits per heavy atom. The van der Waals surface area contributed by atoms with Crippen LogP contribution in [0.1, 0.15) is 36.7 Å². The molecule has 4 heteroatoms. The van der Waals surface area contributed by atoms with Crippen molar-refractivity contribution in [3.05, 3.63) is 58.6 Å². The fraction of sp³-hybridized carbons (Fsp3) is 0.316. The molecule has 0 aromatic heterocycles. The first-order chi connectivity index (χ1) is 10.8. The van der Waals surface area contributed by atoms with E-state index in [2.05, 4.69) is 5.32 Å². The molecule has 23 heavy (non-hydrogen) atoms. The minimum atomic E-state index is -0.270. The van der Waals surface area contributed by atoms with Crippen molar-refractivity contribution in [3.63, 3.8) is 0 Å². The molecule has 2 aromatic rings. The molecule has 3 nitrogen and oxygen atoms in total. The molecule has 0 fully saturated rings.